The van der Waals surface area contributed by atoms with Crippen molar-refractivity contribution in [2.75, 3.05) is 13.7 Å². The van der Waals surface area contributed by atoms with Crippen molar-refractivity contribution in [2.24, 2.45) is 5.10 Å². The Morgan fingerprint density at radius 2 is 1.91 bits per heavy atom. The Morgan fingerprint density at radius 3 is 2.59 bits per heavy atom. The highest BCUT2D eigenvalue weighted by atomic mass is 16.5. The van der Waals surface area contributed by atoms with Crippen LogP contribution in [0.5, 0.6) is 11.5 Å². The lowest BCUT2D eigenvalue weighted by Crippen LogP contribution is -2.18. The number of ether oxygens (including phenoxy) is 2. The van der Waals surface area contributed by atoms with Crippen LogP contribution in [0.3, 0.4) is 0 Å². The second kappa shape index (κ2) is 7.83. The van der Waals surface area contributed by atoms with Gasteiger partial charge in [0, 0.05) is 0 Å². The summed E-state index contributed by atoms with van der Waals surface area (Å²) in [6.45, 7) is 2.37. The van der Waals surface area contributed by atoms with E-state index in [9.17, 15) is 4.79 Å². The van der Waals surface area contributed by atoms with E-state index < -0.39 is 0 Å². The van der Waals surface area contributed by atoms with E-state index in [0.29, 0.717) is 17.9 Å². The quantitative estimate of drug-likeness (QED) is 0.659. The topological polar surface area (TPSA) is 59.9 Å². The molecule has 2 aromatic carbocycles. The van der Waals surface area contributed by atoms with Crippen LogP contribution >= 0.6 is 0 Å². The van der Waals surface area contributed by atoms with E-state index in [1.165, 1.54) is 0 Å². The van der Waals surface area contributed by atoms with Crippen molar-refractivity contribution in [1.82, 2.24) is 5.43 Å². The number of hydrazone groups is 1. The largest absolute Gasteiger partial charge is 0.497 e. The standard InChI is InChI=1S/C17H18N2O3/c1-3-22-16-7-5-4-6-15(16)17(20)19-18-12-13-8-10-14(21-2)11-9-13/h4-12H,3H2,1-2H3,(H,19,20). The van der Waals surface area contributed by atoms with Gasteiger partial charge >= 0.3 is 0 Å². The molecule has 0 bridgehead atoms. The van der Waals surface area contributed by atoms with E-state index in [-0.39, 0.29) is 5.91 Å². The van der Waals surface area contributed by atoms with E-state index in [2.05, 4.69) is 10.5 Å². The molecule has 0 aromatic heterocycles. The lowest BCUT2D eigenvalue weighted by molar-refractivity contribution is 0.0951. The van der Waals surface area contributed by atoms with Crippen molar-refractivity contribution < 1.29 is 14.3 Å². The van der Waals surface area contributed by atoms with Gasteiger partial charge in [0.1, 0.15) is 11.5 Å². The number of nitrogens with one attached hydrogen (secondary N) is 1. The number of hydrogen-bond donors (Lipinski definition) is 1. The lowest BCUT2D eigenvalue weighted by atomic mass is 10.2. The van der Waals surface area contributed by atoms with Gasteiger partial charge in [-0.3, -0.25) is 4.79 Å². The minimum absolute atomic E-state index is 0.311. The molecule has 0 saturated heterocycles. The van der Waals surface area contributed by atoms with Gasteiger partial charge in [0.25, 0.3) is 5.91 Å². The second-order valence-corrected chi connectivity index (χ2v) is 4.40. The van der Waals surface area contributed by atoms with Crippen molar-refractivity contribution in [3.8, 4) is 11.5 Å². The van der Waals surface area contributed by atoms with Crippen molar-refractivity contribution in [2.45, 2.75) is 6.92 Å². The van der Waals surface area contributed by atoms with Gasteiger partial charge in [-0.05, 0) is 48.9 Å². The molecule has 0 fully saturated rings. The number of carbonyl (C=O) groups is 1. The van der Waals surface area contributed by atoms with Gasteiger partial charge in [0.15, 0.2) is 0 Å². The van der Waals surface area contributed by atoms with E-state index in [4.69, 9.17) is 9.47 Å². The highest BCUT2D eigenvalue weighted by Crippen LogP contribution is 2.17. The zero-order valence-corrected chi connectivity index (χ0v) is 12.6. The fraction of sp³-hybridized carbons (Fsp3) is 0.176. The molecule has 5 nitrogen and oxygen atoms in total. The molecule has 0 heterocycles. The smallest absolute Gasteiger partial charge is 0.275 e. The van der Waals surface area contributed by atoms with E-state index in [1.807, 2.05) is 37.3 Å². The predicted molar refractivity (Wildman–Crippen MR) is 85.7 cm³/mol. The summed E-state index contributed by atoms with van der Waals surface area (Å²) in [6.07, 6.45) is 1.57. The SMILES string of the molecule is CCOc1ccccc1C(=O)NN=Cc1ccc(OC)cc1. The molecular formula is C17H18N2O3. The van der Waals surface area contributed by atoms with Gasteiger partial charge in [-0.1, -0.05) is 12.1 Å². The van der Waals surface area contributed by atoms with Gasteiger partial charge in [-0.15, -0.1) is 0 Å². The number of nitrogens with zero attached hydrogens (tertiary/aromatic N) is 1. The molecule has 0 radical (unpaired) electrons. The van der Waals surface area contributed by atoms with Gasteiger partial charge < -0.3 is 9.47 Å². The van der Waals surface area contributed by atoms with E-state index in [0.717, 1.165) is 11.3 Å². The van der Waals surface area contributed by atoms with Crippen molar-refractivity contribution in [1.29, 1.82) is 0 Å². The molecule has 2 rings (SSSR count). The van der Waals surface area contributed by atoms with Crippen LogP contribution in [0.25, 0.3) is 0 Å². The number of hydrogen-bond acceptors (Lipinski definition) is 4. The summed E-state index contributed by atoms with van der Waals surface area (Å²) in [5.74, 6) is 1.00. The number of para-hydroxylation sites is 1. The molecule has 0 saturated carbocycles. The molecule has 0 aliphatic rings. The maximum atomic E-state index is 12.1. The predicted octanol–water partition coefficient (Wildman–Crippen LogP) is 2.86. The van der Waals surface area contributed by atoms with Gasteiger partial charge in [0.05, 0.1) is 25.5 Å². The van der Waals surface area contributed by atoms with Gasteiger partial charge in [-0.25, -0.2) is 5.43 Å². The summed E-state index contributed by atoms with van der Waals surface area (Å²) >= 11 is 0. The molecule has 2 aromatic rings. The molecule has 0 atom stereocenters. The first kappa shape index (κ1) is 15.6. The van der Waals surface area contributed by atoms with Crippen molar-refractivity contribution in [3.63, 3.8) is 0 Å². The van der Waals surface area contributed by atoms with E-state index in [1.54, 1.807) is 31.5 Å². The monoisotopic (exact) mass is 298 g/mol. The summed E-state index contributed by atoms with van der Waals surface area (Å²) in [5.41, 5.74) is 3.81. The first-order chi connectivity index (χ1) is 10.7. The molecular weight excluding hydrogens is 280 g/mol. The van der Waals surface area contributed by atoms with Crippen LogP contribution in [-0.2, 0) is 0 Å². The molecule has 0 aliphatic carbocycles. The summed E-state index contributed by atoms with van der Waals surface area (Å²) in [4.78, 5) is 12.1. The summed E-state index contributed by atoms with van der Waals surface area (Å²) < 4.78 is 10.5. The van der Waals surface area contributed by atoms with Crippen LogP contribution < -0.4 is 14.9 Å². The minimum Gasteiger partial charge on any atom is -0.497 e. The van der Waals surface area contributed by atoms with Gasteiger partial charge in [0.2, 0.25) is 0 Å². The summed E-state index contributed by atoms with van der Waals surface area (Å²) in [5, 5.41) is 3.95. The third-order valence-electron chi connectivity index (χ3n) is 2.93. The Bertz CT molecular complexity index is 651. The number of amides is 1. The molecule has 0 aliphatic heterocycles. The molecule has 0 unspecified atom stereocenters. The average molecular weight is 298 g/mol. The molecule has 5 heteroatoms. The Morgan fingerprint density at radius 1 is 1.18 bits per heavy atom. The Labute approximate surface area is 129 Å². The van der Waals surface area contributed by atoms with Crippen molar-refractivity contribution in [3.05, 3.63) is 59.7 Å². The minimum atomic E-state index is -0.311. The molecule has 22 heavy (non-hydrogen) atoms. The van der Waals surface area contributed by atoms with Crippen LogP contribution in [0.2, 0.25) is 0 Å². The summed E-state index contributed by atoms with van der Waals surface area (Å²) in [7, 11) is 1.61. The lowest BCUT2D eigenvalue weighted by Gasteiger charge is -2.08. The van der Waals surface area contributed by atoms with Crippen molar-refractivity contribution >= 4 is 12.1 Å². The number of carbonyl (C=O) groups excluding carboxylic acids is 1. The first-order valence-corrected chi connectivity index (χ1v) is 6.94. The van der Waals surface area contributed by atoms with Crippen LogP contribution in [-0.4, -0.2) is 25.8 Å². The summed E-state index contributed by atoms with van der Waals surface area (Å²) in [6, 6.07) is 14.4. The molecule has 1 N–H and O–H groups in total. The van der Waals surface area contributed by atoms with Crippen LogP contribution in [0.1, 0.15) is 22.8 Å². The molecule has 1 amide bonds. The average Bonchev–Trinajstić information content (AvgIpc) is 2.56. The third kappa shape index (κ3) is 4.09. The Hall–Kier alpha value is -2.82. The maximum absolute atomic E-state index is 12.1. The number of benzene rings is 2. The molecule has 0 spiro atoms. The zero-order valence-electron chi connectivity index (χ0n) is 12.6. The second-order valence-electron chi connectivity index (χ2n) is 4.40. The zero-order chi connectivity index (χ0) is 15.8. The number of rotatable bonds is 6. The number of methoxy groups -OCH3 is 1. The van der Waals surface area contributed by atoms with E-state index >= 15 is 0 Å². The first-order valence-electron chi connectivity index (χ1n) is 6.94. The normalized spacial score (nSPS) is 10.5. The highest BCUT2D eigenvalue weighted by Gasteiger charge is 2.10. The van der Waals surface area contributed by atoms with Crippen LogP contribution in [0.15, 0.2) is 53.6 Å². The molecule has 114 valence electrons. The Balaban J connectivity index is 2.01. The fourth-order valence-corrected chi connectivity index (χ4v) is 1.85. The highest BCUT2D eigenvalue weighted by molar-refractivity contribution is 5.97. The van der Waals surface area contributed by atoms with Gasteiger partial charge in [-0.2, -0.15) is 5.10 Å². The van der Waals surface area contributed by atoms with Crippen LogP contribution in [0.4, 0.5) is 0 Å². The Kier molecular flexibility index (Phi) is 5.54. The maximum Gasteiger partial charge on any atom is 0.275 e. The fourth-order valence-electron chi connectivity index (χ4n) is 1.85. The third-order valence-corrected chi connectivity index (χ3v) is 2.93. The van der Waals surface area contributed by atoms with Crippen LogP contribution in [0, 0.1) is 0 Å².